The van der Waals surface area contributed by atoms with Gasteiger partial charge in [-0.1, -0.05) is 6.08 Å². The summed E-state index contributed by atoms with van der Waals surface area (Å²) in [6.45, 7) is 5.82. The summed E-state index contributed by atoms with van der Waals surface area (Å²) in [4.78, 5) is 2.87. The number of thiophene rings is 1. The lowest BCUT2D eigenvalue weighted by Crippen LogP contribution is -1.73. The van der Waals surface area contributed by atoms with E-state index in [-0.39, 0.29) is 0 Å². The molecule has 2 heteroatoms. The maximum Gasteiger partial charge on any atom is 0.0282 e. The maximum absolute atomic E-state index is 3.68. The van der Waals surface area contributed by atoms with Crippen molar-refractivity contribution in [2.24, 2.45) is 0 Å². The van der Waals surface area contributed by atoms with E-state index in [4.69, 9.17) is 0 Å². The number of thioether (sulfide) groups is 1. The third-order valence-electron chi connectivity index (χ3n) is 1.28. The van der Waals surface area contributed by atoms with Gasteiger partial charge in [0.05, 0.1) is 0 Å². The van der Waals surface area contributed by atoms with Crippen molar-refractivity contribution in [2.75, 3.05) is 5.75 Å². The minimum atomic E-state index is 1.05. The summed E-state index contributed by atoms with van der Waals surface area (Å²) in [5.74, 6) is 2.18. The molecule has 0 N–H and O–H groups in total. The van der Waals surface area contributed by atoms with Crippen LogP contribution in [0.4, 0.5) is 0 Å². The van der Waals surface area contributed by atoms with Crippen LogP contribution in [0.15, 0.2) is 24.8 Å². The van der Waals surface area contributed by atoms with Gasteiger partial charge in [0, 0.05) is 21.3 Å². The average molecular weight is 184 g/mol. The molecule has 11 heavy (non-hydrogen) atoms. The fourth-order valence-corrected chi connectivity index (χ4v) is 2.56. The van der Waals surface area contributed by atoms with Gasteiger partial charge in [-0.3, -0.25) is 0 Å². The second-order valence-electron chi connectivity index (χ2n) is 2.32. The van der Waals surface area contributed by atoms with E-state index in [9.17, 15) is 0 Å². The fraction of sp³-hybridized carbons (Fsp3) is 0.333. The standard InChI is InChI=1S/C9H12S2/c1-3-6-10-7-9-5-4-8(2)11-9/h3-5H,1,6-7H2,2H3. The highest BCUT2D eigenvalue weighted by molar-refractivity contribution is 7.98. The molecule has 0 nitrogen and oxygen atoms in total. The molecule has 1 heterocycles. The molecule has 0 bridgehead atoms. The van der Waals surface area contributed by atoms with Crippen molar-refractivity contribution in [3.05, 3.63) is 34.5 Å². The molecule has 0 radical (unpaired) electrons. The van der Waals surface area contributed by atoms with Gasteiger partial charge in [0.2, 0.25) is 0 Å². The molecule has 0 fully saturated rings. The van der Waals surface area contributed by atoms with Crippen LogP contribution >= 0.6 is 23.1 Å². The molecule has 0 aliphatic carbocycles. The molecule has 0 unspecified atom stereocenters. The second-order valence-corrected chi connectivity index (χ2v) is 4.72. The van der Waals surface area contributed by atoms with E-state index in [0.717, 1.165) is 11.5 Å². The molecule has 0 aliphatic heterocycles. The summed E-state index contributed by atoms with van der Waals surface area (Å²) < 4.78 is 0. The zero-order valence-corrected chi connectivity index (χ0v) is 8.30. The Morgan fingerprint density at radius 2 is 2.45 bits per heavy atom. The topological polar surface area (TPSA) is 0 Å². The van der Waals surface area contributed by atoms with Crippen molar-refractivity contribution in [1.29, 1.82) is 0 Å². The van der Waals surface area contributed by atoms with E-state index in [1.165, 1.54) is 9.75 Å². The van der Waals surface area contributed by atoms with Crippen LogP contribution in [-0.2, 0) is 5.75 Å². The highest BCUT2D eigenvalue weighted by atomic mass is 32.2. The Morgan fingerprint density at radius 1 is 1.64 bits per heavy atom. The number of rotatable bonds is 4. The van der Waals surface area contributed by atoms with Gasteiger partial charge in [-0.25, -0.2) is 0 Å². The molecule has 0 saturated heterocycles. The number of aryl methyl sites for hydroxylation is 1. The van der Waals surface area contributed by atoms with E-state index in [1.807, 2.05) is 29.2 Å². The molecule has 0 aromatic carbocycles. The molecule has 1 aromatic heterocycles. The molecule has 1 aromatic rings. The van der Waals surface area contributed by atoms with Crippen LogP contribution in [0.1, 0.15) is 9.75 Å². The summed E-state index contributed by atoms with van der Waals surface area (Å²) in [5, 5.41) is 0. The molecule has 0 amide bonds. The molecular formula is C9H12S2. The summed E-state index contributed by atoms with van der Waals surface area (Å²) >= 11 is 3.80. The highest BCUT2D eigenvalue weighted by Crippen LogP contribution is 2.20. The predicted octanol–water partition coefficient (Wildman–Crippen LogP) is 3.48. The Hall–Kier alpha value is -0.210. The minimum absolute atomic E-state index is 1.05. The van der Waals surface area contributed by atoms with Gasteiger partial charge >= 0.3 is 0 Å². The summed E-state index contributed by atoms with van der Waals surface area (Å²) in [6, 6.07) is 4.38. The van der Waals surface area contributed by atoms with Gasteiger partial charge in [-0.05, 0) is 19.1 Å². The molecule has 60 valence electrons. The van der Waals surface area contributed by atoms with Gasteiger partial charge in [0.25, 0.3) is 0 Å². The Bertz CT molecular complexity index is 225. The lowest BCUT2D eigenvalue weighted by molar-refractivity contribution is 1.53. The lowest BCUT2D eigenvalue weighted by atomic mass is 10.5. The summed E-state index contributed by atoms with van der Waals surface area (Å²) in [7, 11) is 0. The van der Waals surface area contributed by atoms with Gasteiger partial charge in [0.1, 0.15) is 0 Å². The molecular weight excluding hydrogens is 172 g/mol. The minimum Gasteiger partial charge on any atom is -0.152 e. The van der Waals surface area contributed by atoms with Gasteiger partial charge in [-0.15, -0.1) is 17.9 Å². The van der Waals surface area contributed by atoms with Gasteiger partial charge in [0.15, 0.2) is 0 Å². The lowest BCUT2D eigenvalue weighted by Gasteiger charge is -1.92. The van der Waals surface area contributed by atoms with Crippen LogP contribution in [0.2, 0.25) is 0 Å². The van der Waals surface area contributed by atoms with Crippen LogP contribution in [-0.4, -0.2) is 5.75 Å². The monoisotopic (exact) mass is 184 g/mol. The van der Waals surface area contributed by atoms with E-state index in [0.29, 0.717) is 0 Å². The quantitative estimate of drug-likeness (QED) is 0.510. The van der Waals surface area contributed by atoms with Crippen molar-refractivity contribution in [1.82, 2.24) is 0 Å². The Labute approximate surface area is 76.3 Å². The van der Waals surface area contributed by atoms with E-state index in [2.05, 4.69) is 25.6 Å². The largest absolute Gasteiger partial charge is 0.152 e. The molecule has 0 saturated carbocycles. The van der Waals surface area contributed by atoms with Crippen LogP contribution < -0.4 is 0 Å². The zero-order valence-electron chi connectivity index (χ0n) is 6.67. The Balaban J connectivity index is 2.32. The summed E-state index contributed by atoms with van der Waals surface area (Å²) in [6.07, 6.45) is 1.95. The van der Waals surface area contributed by atoms with Crippen LogP contribution in [0, 0.1) is 6.92 Å². The van der Waals surface area contributed by atoms with Crippen LogP contribution in [0.5, 0.6) is 0 Å². The van der Waals surface area contributed by atoms with Gasteiger partial charge in [-0.2, -0.15) is 11.8 Å². The molecule has 0 atom stereocenters. The second kappa shape index (κ2) is 4.62. The molecule has 0 aliphatic rings. The van der Waals surface area contributed by atoms with E-state index in [1.54, 1.807) is 0 Å². The van der Waals surface area contributed by atoms with Crippen LogP contribution in [0.3, 0.4) is 0 Å². The number of hydrogen-bond donors (Lipinski definition) is 0. The Morgan fingerprint density at radius 3 is 3.00 bits per heavy atom. The number of hydrogen-bond acceptors (Lipinski definition) is 2. The van der Waals surface area contributed by atoms with Crippen molar-refractivity contribution < 1.29 is 0 Å². The first-order valence-electron chi connectivity index (χ1n) is 3.57. The SMILES string of the molecule is C=CCSCc1ccc(C)s1. The summed E-state index contributed by atoms with van der Waals surface area (Å²) in [5.41, 5.74) is 0. The van der Waals surface area contributed by atoms with Gasteiger partial charge < -0.3 is 0 Å². The zero-order chi connectivity index (χ0) is 8.10. The molecule has 0 spiro atoms. The normalized spacial score (nSPS) is 9.91. The maximum atomic E-state index is 3.68. The van der Waals surface area contributed by atoms with Crippen LogP contribution in [0.25, 0.3) is 0 Å². The fourth-order valence-electron chi connectivity index (χ4n) is 0.806. The first kappa shape index (κ1) is 8.88. The third-order valence-corrected chi connectivity index (χ3v) is 3.45. The predicted molar refractivity (Wildman–Crippen MR) is 55.4 cm³/mol. The van der Waals surface area contributed by atoms with Crippen molar-refractivity contribution in [2.45, 2.75) is 12.7 Å². The third kappa shape index (κ3) is 3.12. The average Bonchev–Trinajstić information content (AvgIpc) is 2.37. The first-order valence-corrected chi connectivity index (χ1v) is 5.54. The van der Waals surface area contributed by atoms with Crippen molar-refractivity contribution in [3.8, 4) is 0 Å². The first-order chi connectivity index (χ1) is 5.33. The van der Waals surface area contributed by atoms with E-state index >= 15 is 0 Å². The van der Waals surface area contributed by atoms with E-state index < -0.39 is 0 Å². The molecule has 1 rings (SSSR count). The Kier molecular flexibility index (Phi) is 3.73. The highest BCUT2D eigenvalue weighted by Gasteiger charge is 1.94. The smallest absolute Gasteiger partial charge is 0.0282 e. The van der Waals surface area contributed by atoms with Crippen molar-refractivity contribution >= 4 is 23.1 Å². The van der Waals surface area contributed by atoms with Crippen molar-refractivity contribution in [3.63, 3.8) is 0 Å².